The quantitative estimate of drug-likeness (QED) is 0.0487. The highest BCUT2D eigenvalue weighted by atomic mass is 32.2. The lowest BCUT2D eigenvalue weighted by molar-refractivity contribution is -0.385. The molecule has 4 N–H and O–H groups in total. The number of benzene rings is 4. The third kappa shape index (κ3) is 8.47. The SMILES string of the molecule is O=[N+]([O-])c1ccc(/C=C/c2ccc(N=Nc3ccc(N=Nc4cc(S(=O)(=O)O)ccc4O)cc3)cc2S(=O)(=O)O)c(S(=O)(=O)O)c1. The number of phenolic OH excluding ortho intramolecular Hbond substituents is 1. The van der Waals surface area contributed by atoms with Crippen LogP contribution in [0.5, 0.6) is 5.75 Å². The van der Waals surface area contributed by atoms with Crippen molar-refractivity contribution in [2.75, 3.05) is 0 Å². The number of azo groups is 2. The Morgan fingerprint density at radius 1 is 0.587 bits per heavy atom. The summed E-state index contributed by atoms with van der Waals surface area (Å²) in [6, 6.07) is 14.9. The zero-order valence-corrected chi connectivity index (χ0v) is 25.1. The molecule has 20 heteroatoms. The minimum absolute atomic E-state index is 0.0170. The molecule has 17 nitrogen and oxygen atoms in total. The van der Waals surface area contributed by atoms with Crippen molar-refractivity contribution in [2.24, 2.45) is 20.5 Å². The van der Waals surface area contributed by atoms with E-state index in [9.17, 15) is 49.6 Å². The normalized spacial score (nSPS) is 12.8. The molecule has 0 aliphatic heterocycles. The Morgan fingerprint density at radius 3 is 1.59 bits per heavy atom. The Labute approximate surface area is 260 Å². The average Bonchev–Trinajstić information content (AvgIpc) is 2.97. The Kier molecular flexibility index (Phi) is 9.51. The summed E-state index contributed by atoms with van der Waals surface area (Å²) in [5.41, 5.74) is -0.654. The first-order valence-electron chi connectivity index (χ1n) is 12.2. The highest BCUT2D eigenvalue weighted by Crippen LogP contribution is 2.32. The largest absolute Gasteiger partial charge is 0.506 e. The van der Waals surface area contributed by atoms with E-state index < -0.39 is 55.7 Å². The van der Waals surface area contributed by atoms with Crippen molar-refractivity contribution in [3.63, 3.8) is 0 Å². The van der Waals surface area contributed by atoms with E-state index in [4.69, 9.17) is 4.55 Å². The van der Waals surface area contributed by atoms with Gasteiger partial charge in [-0.05, 0) is 71.8 Å². The van der Waals surface area contributed by atoms with Crippen molar-refractivity contribution in [3.8, 4) is 5.75 Å². The Bertz CT molecular complexity index is 2270. The predicted molar refractivity (Wildman–Crippen MR) is 161 cm³/mol. The number of nitro benzene ring substituents is 1. The second-order valence-corrected chi connectivity index (χ2v) is 13.2. The van der Waals surface area contributed by atoms with Crippen LogP contribution in [0.3, 0.4) is 0 Å². The van der Waals surface area contributed by atoms with Crippen LogP contribution in [0.2, 0.25) is 0 Å². The minimum Gasteiger partial charge on any atom is -0.506 e. The summed E-state index contributed by atoms with van der Waals surface area (Å²) < 4.78 is 98.7. The van der Waals surface area contributed by atoms with Gasteiger partial charge in [-0.2, -0.15) is 40.6 Å². The molecule has 0 aromatic heterocycles. The summed E-state index contributed by atoms with van der Waals surface area (Å²) in [6.07, 6.45) is 2.18. The van der Waals surface area contributed by atoms with E-state index in [0.29, 0.717) is 6.07 Å². The molecule has 0 saturated carbocycles. The maximum absolute atomic E-state index is 12.1. The summed E-state index contributed by atoms with van der Waals surface area (Å²) in [5.74, 6) is -0.387. The molecular formula is C26H19N5O12S3. The van der Waals surface area contributed by atoms with Crippen molar-refractivity contribution < 1.29 is 48.9 Å². The molecule has 0 fully saturated rings. The first kappa shape index (κ1) is 33.6. The number of non-ortho nitro benzene ring substituents is 1. The van der Waals surface area contributed by atoms with Gasteiger partial charge in [-0.15, -0.1) is 5.11 Å². The summed E-state index contributed by atoms with van der Waals surface area (Å²) >= 11 is 0. The first-order chi connectivity index (χ1) is 21.4. The Balaban J connectivity index is 1.57. The Morgan fingerprint density at radius 2 is 1.07 bits per heavy atom. The van der Waals surface area contributed by atoms with E-state index in [-0.39, 0.29) is 39.6 Å². The number of hydrogen-bond donors (Lipinski definition) is 4. The van der Waals surface area contributed by atoms with Crippen molar-refractivity contribution in [1.29, 1.82) is 0 Å². The van der Waals surface area contributed by atoms with Gasteiger partial charge >= 0.3 is 0 Å². The number of hydrogen-bond acceptors (Lipinski definition) is 13. The summed E-state index contributed by atoms with van der Waals surface area (Å²) in [6.45, 7) is 0. The van der Waals surface area contributed by atoms with Crippen LogP contribution in [0.1, 0.15) is 11.1 Å². The van der Waals surface area contributed by atoms with Crippen LogP contribution in [0, 0.1) is 10.1 Å². The molecule has 0 unspecified atom stereocenters. The van der Waals surface area contributed by atoms with Gasteiger partial charge in [0.1, 0.15) is 21.2 Å². The number of aromatic hydroxyl groups is 1. The summed E-state index contributed by atoms with van der Waals surface area (Å²) in [5, 5.41) is 36.4. The van der Waals surface area contributed by atoms with Gasteiger partial charge in [0.25, 0.3) is 36.0 Å². The monoisotopic (exact) mass is 689 g/mol. The van der Waals surface area contributed by atoms with Gasteiger partial charge in [0, 0.05) is 12.1 Å². The lowest BCUT2D eigenvalue weighted by Gasteiger charge is -2.06. The van der Waals surface area contributed by atoms with Crippen molar-refractivity contribution >= 4 is 70.9 Å². The number of nitrogens with zero attached hydrogens (tertiary/aromatic N) is 5. The molecule has 0 aliphatic carbocycles. The highest BCUT2D eigenvalue weighted by molar-refractivity contribution is 7.86. The molecule has 0 saturated heterocycles. The summed E-state index contributed by atoms with van der Waals surface area (Å²) in [4.78, 5) is 8.21. The number of rotatable bonds is 10. The van der Waals surface area contributed by atoms with Crippen LogP contribution in [0.15, 0.2) is 114 Å². The van der Waals surface area contributed by atoms with Crippen LogP contribution in [-0.2, 0) is 30.4 Å². The lowest BCUT2D eigenvalue weighted by atomic mass is 10.1. The van der Waals surface area contributed by atoms with Crippen LogP contribution in [0.25, 0.3) is 12.2 Å². The number of nitro groups is 1. The third-order valence-electron chi connectivity index (χ3n) is 5.85. The fourth-order valence-electron chi connectivity index (χ4n) is 3.68. The average molecular weight is 690 g/mol. The van der Waals surface area contributed by atoms with Gasteiger partial charge in [0.15, 0.2) is 0 Å². The zero-order valence-electron chi connectivity index (χ0n) is 22.7. The van der Waals surface area contributed by atoms with Crippen LogP contribution in [-0.4, -0.2) is 48.9 Å². The van der Waals surface area contributed by atoms with E-state index in [0.717, 1.165) is 48.6 Å². The minimum atomic E-state index is -4.90. The molecule has 4 rings (SSSR count). The van der Waals surface area contributed by atoms with Crippen LogP contribution < -0.4 is 0 Å². The molecule has 0 aliphatic rings. The molecule has 0 radical (unpaired) electrons. The molecular weight excluding hydrogens is 671 g/mol. The van der Waals surface area contributed by atoms with Crippen molar-refractivity contribution in [1.82, 2.24) is 0 Å². The van der Waals surface area contributed by atoms with E-state index in [1.54, 1.807) is 0 Å². The highest BCUT2D eigenvalue weighted by Gasteiger charge is 2.20. The van der Waals surface area contributed by atoms with Crippen LogP contribution in [0.4, 0.5) is 28.4 Å². The topological polar surface area (TPSA) is 276 Å². The van der Waals surface area contributed by atoms with E-state index >= 15 is 0 Å². The smallest absolute Gasteiger partial charge is 0.295 e. The lowest BCUT2D eigenvalue weighted by Crippen LogP contribution is -2.02. The molecule has 4 aromatic rings. The van der Waals surface area contributed by atoms with Gasteiger partial charge < -0.3 is 5.11 Å². The zero-order chi connectivity index (χ0) is 33.9. The Hall–Kier alpha value is -5.25. The molecule has 4 aromatic carbocycles. The van der Waals surface area contributed by atoms with E-state index in [1.807, 2.05) is 0 Å². The second kappa shape index (κ2) is 13.0. The number of phenols is 1. The standard InChI is InChI=1S/C26H19N5O12S3/c32-24-12-11-22(44(35,36)37)15-23(24)30-28-19-8-6-18(7-9-19)27-29-20-5-3-16(25(13-20)45(38,39)40)1-2-17-4-10-21(31(33)34)14-26(17)46(41,42)43/h1-15,32H,(H,35,36,37)(H,38,39,40)(H,41,42,43)/b2-1+,29-27?,30-28?. The molecule has 0 spiro atoms. The van der Waals surface area contributed by atoms with Gasteiger partial charge in [-0.3, -0.25) is 23.8 Å². The van der Waals surface area contributed by atoms with Crippen LogP contribution >= 0.6 is 0 Å². The van der Waals surface area contributed by atoms with Gasteiger partial charge in [-0.25, -0.2) is 0 Å². The van der Waals surface area contributed by atoms with E-state index in [2.05, 4.69) is 20.5 Å². The fourth-order valence-corrected chi connectivity index (χ4v) is 5.59. The third-order valence-corrected chi connectivity index (χ3v) is 8.52. The molecule has 46 heavy (non-hydrogen) atoms. The summed E-state index contributed by atoms with van der Waals surface area (Å²) in [7, 11) is -14.3. The van der Waals surface area contributed by atoms with Crippen molar-refractivity contribution in [2.45, 2.75) is 14.7 Å². The molecule has 0 amide bonds. The van der Waals surface area contributed by atoms with Gasteiger partial charge in [0.05, 0.1) is 26.9 Å². The maximum atomic E-state index is 12.1. The maximum Gasteiger partial charge on any atom is 0.295 e. The first-order valence-corrected chi connectivity index (χ1v) is 16.5. The molecule has 0 bridgehead atoms. The van der Waals surface area contributed by atoms with Gasteiger partial charge in [-0.1, -0.05) is 18.2 Å². The fraction of sp³-hybridized carbons (Fsp3) is 0. The van der Waals surface area contributed by atoms with Crippen molar-refractivity contribution in [3.05, 3.63) is 100 Å². The second-order valence-electron chi connectivity index (χ2n) is 9.03. The molecule has 238 valence electrons. The predicted octanol–water partition coefficient (Wildman–Crippen LogP) is 6.04. The van der Waals surface area contributed by atoms with E-state index in [1.165, 1.54) is 36.4 Å². The molecule has 0 atom stereocenters. The van der Waals surface area contributed by atoms with Gasteiger partial charge in [0.2, 0.25) is 0 Å². The molecule has 0 heterocycles.